The maximum absolute atomic E-state index is 13.9. The van der Waals surface area contributed by atoms with Crippen molar-refractivity contribution in [1.82, 2.24) is 15.0 Å². The lowest BCUT2D eigenvalue weighted by atomic mass is 10.2. The first kappa shape index (κ1) is 12.8. The predicted octanol–water partition coefficient (Wildman–Crippen LogP) is 2.32. The zero-order valence-electron chi connectivity index (χ0n) is 11.3. The van der Waals surface area contributed by atoms with Gasteiger partial charge in [-0.3, -0.25) is 0 Å². The number of aromatic nitrogens is 3. The van der Waals surface area contributed by atoms with Gasteiger partial charge in [0.05, 0.1) is 5.56 Å². The second-order valence-corrected chi connectivity index (χ2v) is 4.71. The van der Waals surface area contributed by atoms with Crippen molar-refractivity contribution in [3.05, 3.63) is 30.1 Å². The lowest BCUT2D eigenvalue weighted by molar-refractivity contribution is 0.630. The molecule has 0 unspecified atom stereocenters. The largest absolute Gasteiger partial charge is 0.357 e. The van der Waals surface area contributed by atoms with Crippen molar-refractivity contribution in [3.63, 3.8) is 0 Å². The van der Waals surface area contributed by atoms with E-state index in [2.05, 4.69) is 25.2 Å². The van der Waals surface area contributed by atoms with E-state index in [1.807, 2.05) is 0 Å². The molecular weight excluding hydrogens is 257 g/mol. The Morgan fingerprint density at radius 2 is 1.85 bits per heavy atom. The minimum absolute atomic E-state index is 0.326. The van der Waals surface area contributed by atoms with E-state index in [1.54, 1.807) is 25.2 Å². The van der Waals surface area contributed by atoms with Gasteiger partial charge in [0, 0.05) is 20.1 Å². The molecule has 5 nitrogen and oxygen atoms in total. The SMILES string of the molecule is CNc1nc(-c2ccccc2F)nc(N2CCCC2)n1. The van der Waals surface area contributed by atoms with Gasteiger partial charge < -0.3 is 10.2 Å². The number of rotatable bonds is 3. The smallest absolute Gasteiger partial charge is 0.230 e. The molecule has 3 rings (SSSR count). The maximum atomic E-state index is 13.9. The van der Waals surface area contributed by atoms with Gasteiger partial charge in [0.2, 0.25) is 11.9 Å². The average molecular weight is 273 g/mol. The molecule has 1 aromatic carbocycles. The molecule has 1 N–H and O–H groups in total. The topological polar surface area (TPSA) is 53.9 Å². The van der Waals surface area contributed by atoms with Crippen molar-refractivity contribution in [2.24, 2.45) is 0 Å². The van der Waals surface area contributed by atoms with E-state index in [1.165, 1.54) is 6.07 Å². The molecule has 0 atom stereocenters. The molecule has 1 saturated heterocycles. The number of benzene rings is 1. The van der Waals surface area contributed by atoms with Crippen LogP contribution < -0.4 is 10.2 Å². The summed E-state index contributed by atoms with van der Waals surface area (Å²) in [7, 11) is 1.74. The zero-order valence-corrected chi connectivity index (χ0v) is 11.3. The Morgan fingerprint density at radius 3 is 2.55 bits per heavy atom. The standard InChI is InChI=1S/C14H16FN5/c1-16-13-17-12(10-6-2-3-7-11(10)15)18-14(19-13)20-8-4-5-9-20/h2-3,6-7H,4-5,8-9H2,1H3,(H,16,17,18,19). The van der Waals surface area contributed by atoms with Crippen LogP contribution in [-0.4, -0.2) is 35.1 Å². The summed E-state index contributed by atoms with van der Waals surface area (Å²) in [5.41, 5.74) is 0.395. The Bertz CT molecular complexity index is 610. The fourth-order valence-corrected chi connectivity index (χ4v) is 2.30. The van der Waals surface area contributed by atoms with Crippen molar-refractivity contribution in [3.8, 4) is 11.4 Å². The molecule has 0 bridgehead atoms. The van der Waals surface area contributed by atoms with E-state index in [9.17, 15) is 4.39 Å². The van der Waals surface area contributed by atoms with Crippen molar-refractivity contribution in [2.45, 2.75) is 12.8 Å². The summed E-state index contributed by atoms with van der Waals surface area (Å²) in [5, 5.41) is 2.91. The van der Waals surface area contributed by atoms with E-state index in [0.29, 0.717) is 23.3 Å². The summed E-state index contributed by atoms with van der Waals surface area (Å²) in [6, 6.07) is 6.52. The minimum atomic E-state index is -0.326. The number of hydrogen-bond donors (Lipinski definition) is 1. The summed E-state index contributed by atoms with van der Waals surface area (Å²) >= 11 is 0. The third-order valence-corrected chi connectivity index (χ3v) is 3.35. The Kier molecular flexibility index (Phi) is 3.45. The molecule has 2 heterocycles. The van der Waals surface area contributed by atoms with Crippen molar-refractivity contribution < 1.29 is 4.39 Å². The highest BCUT2D eigenvalue weighted by Gasteiger charge is 2.18. The van der Waals surface area contributed by atoms with Crippen molar-refractivity contribution in [2.75, 3.05) is 30.4 Å². The van der Waals surface area contributed by atoms with Crippen LogP contribution in [0.1, 0.15) is 12.8 Å². The first-order valence-corrected chi connectivity index (χ1v) is 6.71. The molecule has 104 valence electrons. The van der Waals surface area contributed by atoms with Gasteiger partial charge in [-0.1, -0.05) is 12.1 Å². The average Bonchev–Trinajstić information content (AvgIpc) is 3.01. The monoisotopic (exact) mass is 273 g/mol. The maximum Gasteiger partial charge on any atom is 0.230 e. The molecule has 20 heavy (non-hydrogen) atoms. The zero-order chi connectivity index (χ0) is 13.9. The van der Waals surface area contributed by atoms with Crippen LogP contribution in [0.15, 0.2) is 24.3 Å². The molecular formula is C14H16FN5. The van der Waals surface area contributed by atoms with Gasteiger partial charge in [0.25, 0.3) is 0 Å². The molecule has 1 aromatic heterocycles. The van der Waals surface area contributed by atoms with Crippen molar-refractivity contribution >= 4 is 11.9 Å². The molecule has 0 amide bonds. The van der Waals surface area contributed by atoms with Gasteiger partial charge in [-0.15, -0.1) is 0 Å². The number of hydrogen-bond acceptors (Lipinski definition) is 5. The second kappa shape index (κ2) is 5.40. The fourth-order valence-electron chi connectivity index (χ4n) is 2.30. The van der Waals surface area contributed by atoms with Crippen LogP contribution in [0.4, 0.5) is 16.3 Å². The van der Waals surface area contributed by atoms with Crippen LogP contribution in [0.5, 0.6) is 0 Å². The van der Waals surface area contributed by atoms with Crippen LogP contribution in [0.3, 0.4) is 0 Å². The number of nitrogens with one attached hydrogen (secondary N) is 1. The van der Waals surface area contributed by atoms with Crippen LogP contribution in [0.25, 0.3) is 11.4 Å². The molecule has 1 aliphatic heterocycles. The highest BCUT2D eigenvalue weighted by Crippen LogP contribution is 2.23. The molecule has 0 aliphatic carbocycles. The predicted molar refractivity (Wildman–Crippen MR) is 76.2 cm³/mol. The quantitative estimate of drug-likeness (QED) is 0.930. The lowest BCUT2D eigenvalue weighted by Crippen LogP contribution is -2.21. The summed E-state index contributed by atoms with van der Waals surface area (Å²) in [6.45, 7) is 1.87. The number of halogens is 1. The molecule has 6 heteroatoms. The van der Waals surface area contributed by atoms with E-state index in [4.69, 9.17) is 0 Å². The van der Waals surface area contributed by atoms with Crippen LogP contribution in [-0.2, 0) is 0 Å². The van der Waals surface area contributed by atoms with E-state index in [0.717, 1.165) is 25.9 Å². The van der Waals surface area contributed by atoms with Gasteiger partial charge in [0.15, 0.2) is 5.82 Å². The molecule has 2 aromatic rings. The number of nitrogens with zero attached hydrogens (tertiary/aromatic N) is 4. The van der Waals surface area contributed by atoms with Gasteiger partial charge in [-0.05, 0) is 25.0 Å². The molecule has 1 fully saturated rings. The fraction of sp³-hybridized carbons (Fsp3) is 0.357. The van der Waals surface area contributed by atoms with Crippen LogP contribution in [0, 0.1) is 5.82 Å². The first-order chi connectivity index (χ1) is 9.78. The Labute approximate surface area is 116 Å². The summed E-state index contributed by atoms with van der Waals surface area (Å²) in [4.78, 5) is 15.1. The van der Waals surface area contributed by atoms with E-state index >= 15 is 0 Å². The highest BCUT2D eigenvalue weighted by molar-refractivity contribution is 5.59. The normalized spacial score (nSPS) is 14.6. The minimum Gasteiger partial charge on any atom is -0.357 e. The van der Waals surface area contributed by atoms with E-state index in [-0.39, 0.29) is 5.82 Å². The lowest BCUT2D eigenvalue weighted by Gasteiger charge is -2.16. The second-order valence-electron chi connectivity index (χ2n) is 4.71. The first-order valence-electron chi connectivity index (χ1n) is 6.71. The third kappa shape index (κ3) is 2.41. The summed E-state index contributed by atoms with van der Waals surface area (Å²) < 4.78 is 13.9. The Morgan fingerprint density at radius 1 is 1.10 bits per heavy atom. The van der Waals surface area contributed by atoms with Gasteiger partial charge in [0.1, 0.15) is 5.82 Å². The molecule has 0 saturated carbocycles. The van der Waals surface area contributed by atoms with Gasteiger partial charge >= 0.3 is 0 Å². The number of anilines is 2. The molecule has 0 radical (unpaired) electrons. The van der Waals surface area contributed by atoms with Crippen LogP contribution >= 0.6 is 0 Å². The Hall–Kier alpha value is -2.24. The van der Waals surface area contributed by atoms with Crippen molar-refractivity contribution in [1.29, 1.82) is 0 Å². The third-order valence-electron chi connectivity index (χ3n) is 3.35. The van der Waals surface area contributed by atoms with Gasteiger partial charge in [-0.2, -0.15) is 15.0 Å². The van der Waals surface area contributed by atoms with Gasteiger partial charge in [-0.25, -0.2) is 4.39 Å². The highest BCUT2D eigenvalue weighted by atomic mass is 19.1. The molecule has 0 spiro atoms. The Balaban J connectivity index is 2.06. The summed E-state index contributed by atoms with van der Waals surface area (Å²) in [6.07, 6.45) is 2.27. The van der Waals surface area contributed by atoms with E-state index < -0.39 is 0 Å². The molecule has 1 aliphatic rings. The van der Waals surface area contributed by atoms with Crippen LogP contribution in [0.2, 0.25) is 0 Å². The summed E-state index contributed by atoms with van der Waals surface area (Å²) in [5.74, 6) is 1.11.